The Morgan fingerprint density at radius 1 is 1.29 bits per heavy atom. The molecule has 0 spiro atoms. The number of aryl methyl sites for hydroxylation is 1. The number of H-pyrrole nitrogens is 1. The van der Waals surface area contributed by atoms with Crippen LogP contribution in [-0.4, -0.2) is 49.3 Å². The van der Waals surface area contributed by atoms with E-state index >= 15 is 0 Å². The highest BCUT2D eigenvalue weighted by atomic mass is 16.6. The Bertz CT molecular complexity index is 1300. The highest BCUT2D eigenvalue weighted by Gasteiger charge is 2.30. The smallest absolute Gasteiger partial charge is 0.407 e. The summed E-state index contributed by atoms with van der Waals surface area (Å²) in [6, 6.07) is 7.66. The summed E-state index contributed by atoms with van der Waals surface area (Å²) < 4.78 is 12.7. The highest BCUT2D eigenvalue weighted by molar-refractivity contribution is 5.91. The molecular formula is C24H28N8O3. The molecule has 35 heavy (non-hydrogen) atoms. The van der Waals surface area contributed by atoms with Gasteiger partial charge in [-0.2, -0.15) is 10.2 Å². The second-order valence-electron chi connectivity index (χ2n) is 8.64. The first-order valence-corrected chi connectivity index (χ1v) is 11.6. The maximum absolute atomic E-state index is 12.2. The summed E-state index contributed by atoms with van der Waals surface area (Å²) in [5.74, 6) is 0.956. The van der Waals surface area contributed by atoms with Crippen LogP contribution in [0.5, 0.6) is 0 Å². The number of hydrogen-bond donors (Lipinski definition) is 3. The summed E-state index contributed by atoms with van der Waals surface area (Å²) in [6.07, 6.45) is 7.13. The number of carbonyl (C=O) groups excluding carboxylic acids is 1. The van der Waals surface area contributed by atoms with Crippen molar-refractivity contribution in [2.75, 3.05) is 12.4 Å². The molecule has 1 aliphatic rings. The van der Waals surface area contributed by atoms with Crippen LogP contribution in [-0.2, 0) is 29.7 Å². The number of amides is 1. The van der Waals surface area contributed by atoms with E-state index in [1.807, 2.05) is 31.3 Å². The molecule has 0 aliphatic heterocycles. The quantitative estimate of drug-likeness (QED) is 0.352. The lowest BCUT2D eigenvalue weighted by Gasteiger charge is -2.13. The van der Waals surface area contributed by atoms with E-state index < -0.39 is 6.09 Å². The summed E-state index contributed by atoms with van der Waals surface area (Å²) in [5.41, 5.74) is 5.29. The van der Waals surface area contributed by atoms with E-state index in [2.05, 4.69) is 35.9 Å². The molecule has 1 amide bonds. The zero-order chi connectivity index (χ0) is 24.2. The topological polar surface area (TPSA) is 132 Å². The van der Waals surface area contributed by atoms with Gasteiger partial charge in [-0.25, -0.2) is 4.79 Å². The van der Waals surface area contributed by atoms with E-state index in [1.54, 1.807) is 30.4 Å². The van der Waals surface area contributed by atoms with Crippen LogP contribution in [0, 0.1) is 0 Å². The molecule has 0 saturated heterocycles. The van der Waals surface area contributed by atoms with Gasteiger partial charge < -0.3 is 20.1 Å². The van der Waals surface area contributed by atoms with Gasteiger partial charge >= 0.3 is 6.09 Å². The number of aromatic nitrogens is 6. The highest BCUT2D eigenvalue weighted by Crippen LogP contribution is 2.36. The van der Waals surface area contributed by atoms with Crippen LogP contribution in [0.15, 0.2) is 42.9 Å². The average Bonchev–Trinajstić information content (AvgIpc) is 3.59. The first-order chi connectivity index (χ1) is 17.1. The number of pyridine rings is 2. The van der Waals surface area contributed by atoms with E-state index in [0.29, 0.717) is 19.0 Å². The molecular weight excluding hydrogens is 448 g/mol. The number of hydrogen-bond acceptors (Lipinski definition) is 8. The fourth-order valence-electron chi connectivity index (χ4n) is 4.55. The summed E-state index contributed by atoms with van der Waals surface area (Å²) in [6.45, 7) is 0.789. The molecule has 11 heteroatoms. The van der Waals surface area contributed by atoms with Gasteiger partial charge in [0.05, 0.1) is 12.3 Å². The normalized spacial score (nSPS) is 17.5. The minimum absolute atomic E-state index is 0.123. The number of anilines is 2. The molecule has 3 N–H and O–H groups in total. The molecule has 4 heterocycles. The van der Waals surface area contributed by atoms with E-state index in [9.17, 15) is 4.79 Å². The maximum Gasteiger partial charge on any atom is 0.407 e. The van der Waals surface area contributed by atoms with Gasteiger partial charge in [0.2, 0.25) is 0 Å². The molecule has 1 saturated carbocycles. The molecule has 0 unspecified atom stereocenters. The number of rotatable bonds is 8. The molecule has 1 aliphatic carbocycles. The Morgan fingerprint density at radius 3 is 3.03 bits per heavy atom. The van der Waals surface area contributed by atoms with Crippen molar-refractivity contribution in [1.29, 1.82) is 0 Å². The van der Waals surface area contributed by atoms with Crippen molar-refractivity contribution in [2.24, 2.45) is 7.05 Å². The van der Waals surface area contributed by atoms with E-state index in [4.69, 9.17) is 9.47 Å². The van der Waals surface area contributed by atoms with Crippen LogP contribution in [0.3, 0.4) is 0 Å². The number of alkyl carbamates (subject to hydrolysis) is 1. The van der Waals surface area contributed by atoms with Gasteiger partial charge in [-0.05, 0) is 37.0 Å². The van der Waals surface area contributed by atoms with Gasteiger partial charge in [-0.15, -0.1) is 0 Å². The average molecular weight is 477 g/mol. The van der Waals surface area contributed by atoms with Gasteiger partial charge in [0.15, 0.2) is 5.82 Å². The van der Waals surface area contributed by atoms with Gasteiger partial charge in [0.25, 0.3) is 0 Å². The van der Waals surface area contributed by atoms with Crippen molar-refractivity contribution in [1.82, 2.24) is 35.3 Å². The number of carbonyl (C=O) groups is 1. The third-order valence-corrected chi connectivity index (χ3v) is 6.19. The third kappa shape index (κ3) is 5.09. The van der Waals surface area contributed by atoms with Crippen LogP contribution in [0.25, 0.3) is 11.0 Å². The van der Waals surface area contributed by atoms with E-state index in [1.165, 1.54) is 0 Å². The second kappa shape index (κ2) is 10.1. The molecule has 0 radical (unpaired) electrons. The standard InChI is InChI=1S/C24H28N8O3/c1-32-23-18(7-9-26-22(23)20(31-32)14-34-2)28-21-11-19(29-30-21)16-5-6-17(10-16)35-24(33)27-13-15-4-3-8-25-12-15/h3-4,7-9,11-12,16-17H,5-6,10,13-14H2,1-2H3,(H,27,33)(H2,26,28,29,30)/t16-,17+/m0/s1. The zero-order valence-electron chi connectivity index (χ0n) is 19.7. The van der Waals surface area contributed by atoms with Gasteiger partial charge in [-0.3, -0.25) is 19.7 Å². The number of nitrogens with one attached hydrogen (secondary N) is 3. The van der Waals surface area contributed by atoms with Crippen LogP contribution < -0.4 is 10.6 Å². The molecule has 2 atom stereocenters. The Hall–Kier alpha value is -3.99. The Labute approximate surface area is 202 Å². The fourth-order valence-corrected chi connectivity index (χ4v) is 4.55. The molecule has 4 aromatic heterocycles. The van der Waals surface area contributed by atoms with Crippen LogP contribution in [0.1, 0.15) is 42.1 Å². The second-order valence-corrected chi connectivity index (χ2v) is 8.64. The molecule has 4 aromatic rings. The van der Waals surface area contributed by atoms with Crippen molar-refractivity contribution < 1.29 is 14.3 Å². The van der Waals surface area contributed by atoms with Crippen molar-refractivity contribution in [3.8, 4) is 0 Å². The lowest BCUT2D eigenvalue weighted by Crippen LogP contribution is -2.27. The molecule has 0 aromatic carbocycles. The van der Waals surface area contributed by atoms with Gasteiger partial charge in [0, 0.05) is 57.0 Å². The minimum atomic E-state index is -0.405. The van der Waals surface area contributed by atoms with Crippen LogP contribution in [0.2, 0.25) is 0 Å². The lowest BCUT2D eigenvalue weighted by atomic mass is 10.0. The predicted octanol–water partition coefficient (Wildman–Crippen LogP) is 3.54. The monoisotopic (exact) mass is 476 g/mol. The third-order valence-electron chi connectivity index (χ3n) is 6.19. The lowest BCUT2D eigenvalue weighted by molar-refractivity contribution is 0.0996. The van der Waals surface area contributed by atoms with E-state index in [0.717, 1.165) is 52.9 Å². The molecule has 11 nitrogen and oxygen atoms in total. The summed E-state index contributed by atoms with van der Waals surface area (Å²) in [7, 11) is 3.53. The minimum Gasteiger partial charge on any atom is -0.446 e. The molecule has 1 fully saturated rings. The number of ether oxygens (including phenoxy) is 2. The predicted molar refractivity (Wildman–Crippen MR) is 129 cm³/mol. The Kier molecular flexibility index (Phi) is 6.57. The van der Waals surface area contributed by atoms with Crippen molar-refractivity contribution in [3.63, 3.8) is 0 Å². The summed E-state index contributed by atoms with van der Waals surface area (Å²) in [4.78, 5) is 20.7. The molecule has 182 valence electrons. The number of aromatic amines is 1. The first-order valence-electron chi connectivity index (χ1n) is 11.6. The number of fused-ring (bicyclic) bond motifs is 1. The first kappa shape index (κ1) is 22.8. The van der Waals surface area contributed by atoms with Crippen molar-refractivity contribution >= 4 is 28.6 Å². The molecule has 5 rings (SSSR count). The maximum atomic E-state index is 12.2. The summed E-state index contributed by atoms with van der Waals surface area (Å²) in [5, 5.41) is 18.3. The van der Waals surface area contributed by atoms with Gasteiger partial charge in [-0.1, -0.05) is 6.07 Å². The number of methoxy groups -OCH3 is 1. The van der Waals surface area contributed by atoms with Crippen molar-refractivity contribution in [2.45, 2.75) is 44.4 Å². The summed E-state index contributed by atoms with van der Waals surface area (Å²) >= 11 is 0. The SMILES string of the molecule is COCc1nn(C)c2c(Nc3cc([C@H]4CC[C@@H](OC(=O)NCc5cccnc5)C4)[nH]n3)ccnc12. The van der Waals surface area contributed by atoms with E-state index in [-0.39, 0.29) is 12.0 Å². The van der Waals surface area contributed by atoms with Crippen LogP contribution in [0.4, 0.5) is 16.3 Å². The van der Waals surface area contributed by atoms with Crippen LogP contribution >= 0.6 is 0 Å². The zero-order valence-corrected chi connectivity index (χ0v) is 19.7. The fraction of sp³-hybridized carbons (Fsp3) is 0.375. The van der Waals surface area contributed by atoms with Gasteiger partial charge in [0.1, 0.15) is 22.8 Å². The Balaban J connectivity index is 1.19. The molecule has 0 bridgehead atoms. The van der Waals surface area contributed by atoms with Crippen molar-refractivity contribution in [3.05, 3.63) is 59.8 Å². The number of nitrogens with zero attached hydrogens (tertiary/aromatic N) is 5. The Morgan fingerprint density at radius 2 is 2.20 bits per heavy atom. The largest absolute Gasteiger partial charge is 0.446 e.